The summed E-state index contributed by atoms with van der Waals surface area (Å²) in [5, 5.41) is 3.58. The molecule has 0 radical (unpaired) electrons. The SMILES string of the molecule is CCOc1nc(-c2ccc(F)cc2)nc2cc(C(=O)NCc3nc4ccccc4[nH]3)ccc12. The number of imidazole rings is 1. The maximum absolute atomic E-state index is 13.3. The Bertz CT molecular complexity index is 1430. The Morgan fingerprint density at radius 2 is 1.82 bits per heavy atom. The summed E-state index contributed by atoms with van der Waals surface area (Å²) < 4.78 is 19.0. The highest BCUT2D eigenvalue weighted by Crippen LogP contribution is 2.27. The van der Waals surface area contributed by atoms with Crippen LogP contribution in [0.4, 0.5) is 4.39 Å². The lowest BCUT2D eigenvalue weighted by Crippen LogP contribution is -2.23. The van der Waals surface area contributed by atoms with Gasteiger partial charge in [-0.2, -0.15) is 4.98 Å². The molecule has 0 aliphatic carbocycles. The second kappa shape index (κ2) is 8.66. The number of halogens is 1. The average Bonchev–Trinajstić information content (AvgIpc) is 3.26. The van der Waals surface area contributed by atoms with Gasteiger partial charge in [0.25, 0.3) is 5.91 Å². The molecule has 0 saturated carbocycles. The first-order valence-corrected chi connectivity index (χ1v) is 10.5. The fourth-order valence-corrected chi connectivity index (χ4v) is 3.57. The monoisotopic (exact) mass is 441 g/mol. The number of nitrogens with zero attached hydrogens (tertiary/aromatic N) is 3. The molecule has 2 aromatic heterocycles. The van der Waals surface area contributed by atoms with Crippen LogP contribution in [0.1, 0.15) is 23.1 Å². The second-order valence-corrected chi connectivity index (χ2v) is 7.41. The number of hydrogen-bond donors (Lipinski definition) is 2. The molecule has 0 bridgehead atoms. The van der Waals surface area contributed by atoms with Gasteiger partial charge >= 0.3 is 0 Å². The fraction of sp³-hybridized carbons (Fsp3) is 0.120. The number of carbonyl (C=O) groups is 1. The van der Waals surface area contributed by atoms with Crippen LogP contribution in [0.5, 0.6) is 5.88 Å². The Morgan fingerprint density at radius 3 is 2.61 bits per heavy atom. The first-order chi connectivity index (χ1) is 16.1. The summed E-state index contributed by atoms with van der Waals surface area (Å²) in [6, 6.07) is 18.8. The van der Waals surface area contributed by atoms with Crippen LogP contribution >= 0.6 is 0 Å². The zero-order chi connectivity index (χ0) is 22.8. The maximum atomic E-state index is 13.3. The number of aromatic amines is 1. The van der Waals surface area contributed by atoms with Crippen molar-refractivity contribution in [3.8, 4) is 17.3 Å². The van der Waals surface area contributed by atoms with Crippen LogP contribution in [0.2, 0.25) is 0 Å². The van der Waals surface area contributed by atoms with Crippen LogP contribution in [-0.2, 0) is 6.54 Å². The molecule has 5 rings (SSSR count). The molecule has 0 aliphatic rings. The van der Waals surface area contributed by atoms with Crippen molar-refractivity contribution >= 4 is 27.8 Å². The van der Waals surface area contributed by atoms with Crippen molar-refractivity contribution < 1.29 is 13.9 Å². The Kier molecular flexibility index (Phi) is 5.40. The van der Waals surface area contributed by atoms with Crippen LogP contribution in [0.3, 0.4) is 0 Å². The highest BCUT2D eigenvalue weighted by molar-refractivity contribution is 5.98. The molecule has 2 N–H and O–H groups in total. The van der Waals surface area contributed by atoms with Crippen molar-refractivity contribution in [2.24, 2.45) is 0 Å². The number of hydrogen-bond acceptors (Lipinski definition) is 5. The van der Waals surface area contributed by atoms with E-state index in [1.165, 1.54) is 12.1 Å². The van der Waals surface area contributed by atoms with Crippen LogP contribution in [0.15, 0.2) is 66.7 Å². The number of aromatic nitrogens is 4. The van der Waals surface area contributed by atoms with Crippen LogP contribution < -0.4 is 10.1 Å². The molecular formula is C25H20FN5O2. The quantitative estimate of drug-likeness (QED) is 0.400. The smallest absolute Gasteiger partial charge is 0.251 e. The minimum atomic E-state index is -0.340. The van der Waals surface area contributed by atoms with E-state index in [9.17, 15) is 9.18 Å². The summed E-state index contributed by atoms with van der Waals surface area (Å²) in [6.45, 7) is 2.56. The molecule has 0 atom stereocenters. The Morgan fingerprint density at radius 1 is 1.00 bits per heavy atom. The summed E-state index contributed by atoms with van der Waals surface area (Å²) in [5.41, 5.74) is 3.43. The predicted octanol–water partition coefficient (Wildman–Crippen LogP) is 4.64. The third-order valence-corrected chi connectivity index (χ3v) is 5.16. The van der Waals surface area contributed by atoms with Gasteiger partial charge in [0.05, 0.1) is 35.1 Å². The summed E-state index contributed by atoms with van der Waals surface area (Å²) in [7, 11) is 0. The van der Waals surface area contributed by atoms with Gasteiger partial charge in [-0.15, -0.1) is 0 Å². The molecule has 0 saturated heterocycles. The van der Waals surface area contributed by atoms with Crippen LogP contribution in [0, 0.1) is 5.82 Å². The molecule has 5 aromatic rings. The molecule has 1 amide bonds. The number of para-hydroxylation sites is 2. The Hall–Kier alpha value is -4.33. The molecule has 33 heavy (non-hydrogen) atoms. The van der Waals surface area contributed by atoms with Crippen molar-refractivity contribution in [1.29, 1.82) is 0 Å². The Labute approximate surface area is 188 Å². The number of amides is 1. The summed E-state index contributed by atoms with van der Waals surface area (Å²) in [5.74, 6) is 0.886. The van der Waals surface area contributed by atoms with Gasteiger partial charge in [0.15, 0.2) is 5.82 Å². The van der Waals surface area contributed by atoms with Gasteiger partial charge in [-0.3, -0.25) is 4.79 Å². The first-order valence-electron chi connectivity index (χ1n) is 10.5. The second-order valence-electron chi connectivity index (χ2n) is 7.41. The molecule has 0 unspecified atom stereocenters. The molecule has 7 nitrogen and oxygen atoms in total. The van der Waals surface area contributed by atoms with Gasteiger partial charge in [0, 0.05) is 11.1 Å². The van der Waals surface area contributed by atoms with E-state index in [1.54, 1.807) is 30.3 Å². The topological polar surface area (TPSA) is 92.8 Å². The largest absolute Gasteiger partial charge is 0.477 e. The number of ether oxygens (including phenoxy) is 1. The van der Waals surface area contributed by atoms with Gasteiger partial charge in [-0.25, -0.2) is 14.4 Å². The lowest BCUT2D eigenvalue weighted by Gasteiger charge is -2.10. The Balaban J connectivity index is 1.44. The van der Waals surface area contributed by atoms with Gasteiger partial charge in [-0.1, -0.05) is 12.1 Å². The third kappa shape index (κ3) is 4.23. The molecule has 0 aliphatic heterocycles. The number of nitrogens with one attached hydrogen (secondary N) is 2. The molecular weight excluding hydrogens is 421 g/mol. The molecule has 0 fully saturated rings. The van der Waals surface area contributed by atoms with Crippen molar-refractivity contribution in [2.45, 2.75) is 13.5 Å². The zero-order valence-corrected chi connectivity index (χ0v) is 17.8. The molecule has 2 heterocycles. The third-order valence-electron chi connectivity index (χ3n) is 5.16. The van der Waals surface area contributed by atoms with Crippen LogP contribution in [0.25, 0.3) is 33.3 Å². The van der Waals surface area contributed by atoms with Gasteiger partial charge < -0.3 is 15.0 Å². The summed E-state index contributed by atoms with van der Waals surface area (Å²) in [6.07, 6.45) is 0. The van der Waals surface area contributed by atoms with Gasteiger partial charge in [0.2, 0.25) is 5.88 Å². The van der Waals surface area contributed by atoms with E-state index >= 15 is 0 Å². The van der Waals surface area contributed by atoms with Gasteiger partial charge in [-0.05, 0) is 61.5 Å². The van der Waals surface area contributed by atoms with E-state index in [0.29, 0.717) is 46.2 Å². The highest BCUT2D eigenvalue weighted by atomic mass is 19.1. The van der Waals surface area contributed by atoms with E-state index in [0.717, 1.165) is 11.0 Å². The van der Waals surface area contributed by atoms with E-state index in [4.69, 9.17) is 4.74 Å². The minimum absolute atomic E-state index is 0.253. The van der Waals surface area contributed by atoms with Gasteiger partial charge in [0.1, 0.15) is 11.6 Å². The first kappa shape index (κ1) is 20.6. The van der Waals surface area contributed by atoms with Crippen LogP contribution in [-0.4, -0.2) is 32.4 Å². The minimum Gasteiger partial charge on any atom is -0.477 e. The van der Waals surface area contributed by atoms with Crippen molar-refractivity contribution in [3.63, 3.8) is 0 Å². The van der Waals surface area contributed by atoms with Crippen molar-refractivity contribution in [2.75, 3.05) is 6.61 Å². The van der Waals surface area contributed by atoms with Crippen molar-refractivity contribution in [1.82, 2.24) is 25.3 Å². The number of H-pyrrole nitrogens is 1. The normalized spacial score (nSPS) is 11.1. The molecule has 8 heteroatoms. The maximum Gasteiger partial charge on any atom is 0.251 e. The standard InChI is InChI=1S/C25H20FN5O2/c1-2-33-25-18-12-9-16(13-21(18)30-23(31-25)15-7-10-17(26)11-8-15)24(32)27-14-22-28-19-5-3-4-6-20(19)29-22/h3-13H,2,14H2,1H3,(H,27,32)(H,28,29). The zero-order valence-electron chi connectivity index (χ0n) is 17.8. The van der Waals surface area contributed by atoms with E-state index < -0.39 is 0 Å². The van der Waals surface area contributed by atoms with E-state index in [1.807, 2.05) is 31.2 Å². The molecule has 0 spiro atoms. The predicted molar refractivity (Wildman–Crippen MR) is 123 cm³/mol. The van der Waals surface area contributed by atoms with E-state index in [2.05, 4.69) is 25.3 Å². The average molecular weight is 441 g/mol. The summed E-state index contributed by atoms with van der Waals surface area (Å²) in [4.78, 5) is 29.6. The number of rotatable bonds is 6. The molecule has 3 aromatic carbocycles. The van der Waals surface area contributed by atoms with E-state index in [-0.39, 0.29) is 18.3 Å². The lowest BCUT2D eigenvalue weighted by atomic mass is 10.1. The van der Waals surface area contributed by atoms with Crippen molar-refractivity contribution in [3.05, 3.63) is 83.9 Å². The molecule has 164 valence electrons. The highest BCUT2D eigenvalue weighted by Gasteiger charge is 2.14. The number of benzene rings is 3. The fourth-order valence-electron chi connectivity index (χ4n) is 3.57. The number of fused-ring (bicyclic) bond motifs is 2. The summed E-state index contributed by atoms with van der Waals surface area (Å²) >= 11 is 0. The lowest BCUT2D eigenvalue weighted by molar-refractivity contribution is 0.0950. The number of carbonyl (C=O) groups excluding carboxylic acids is 1.